The molecule has 0 aromatic carbocycles. The molecule has 0 saturated heterocycles. The van der Waals surface area contributed by atoms with Crippen molar-refractivity contribution in [3.63, 3.8) is 0 Å². The van der Waals surface area contributed by atoms with Gasteiger partial charge in [-0.15, -0.1) is 11.3 Å². The van der Waals surface area contributed by atoms with E-state index in [2.05, 4.69) is 0 Å². The number of halogens is 3. The molecule has 13 heavy (non-hydrogen) atoms. The molecule has 0 spiro atoms. The van der Waals surface area contributed by atoms with Crippen molar-refractivity contribution in [2.75, 3.05) is 0 Å². The summed E-state index contributed by atoms with van der Waals surface area (Å²) in [5, 5.41) is 10.4. The largest absolute Gasteiger partial charge is 0.416 e. The lowest BCUT2D eigenvalue weighted by atomic mass is 10.1. The second-order valence-electron chi connectivity index (χ2n) is 2.53. The van der Waals surface area contributed by atoms with Gasteiger partial charge in [0.15, 0.2) is 6.10 Å². The van der Waals surface area contributed by atoms with E-state index in [-0.39, 0.29) is 0 Å². The Kier molecular flexibility index (Phi) is 2.94. The second-order valence-corrected chi connectivity index (χ2v) is 3.51. The fraction of sp³-hybridized carbons (Fsp3) is 0.429. The topological polar surface area (TPSA) is 46.2 Å². The summed E-state index contributed by atoms with van der Waals surface area (Å²) in [5.41, 5.74) is 5.21. The van der Waals surface area contributed by atoms with E-state index in [0.717, 1.165) is 11.3 Å². The van der Waals surface area contributed by atoms with Crippen molar-refractivity contribution in [1.82, 2.24) is 0 Å². The zero-order valence-electron chi connectivity index (χ0n) is 6.45. The van der Waals surface area contributed by atoms with E-state index in [1.54, 1.807) is 11.4 Å². The zero-order valence-corrected chi connectivity index (χ0v) is 7.27. The van der Waals surface area contributed by atoms with E-state index in [1.165, 1.54) is 6.07 Å². The van der Waals surface area contributed by atoms with Crippen molar-refractivity contribution >= 4 is 11.3 Å². The van der Waals surface area contributed by atoms with Crippen LogP contribution in [0.1, 0.15) is 10.9 Å². The van der Waals surface area contributed by atoms with Crippen LogP contribution in [0.15, 0.2) is 17.5 Å². The van der Waals surface area contributed by atoms with Crippen LogP contribution in [0.2, 0.25) is 0 Å². The monoisotopic (exact) mass is 211 g/mol. The van der Waals surface area contributed by atoms with Crippen LogP contribution in [0, 0.1) is 0 Å². The molecule has 1 heterocycles. The normalized spacial score (nSPS) is 17.0. The lowest BCUT2D eigenvalue weighted by molar-refractivity contribution is -0.210. The molecule has 0 aliphatic rings. The van der Waals surface area contributed by atoms with Gasteiger partial charge in [-0.3, -0.25) is 0 Å². The van der Waals surface area contributed by atoms with Crippen LogP contribution < -0.4 is 5.73 Å². The summed E-state index contributed by atoms with van der Waals surface area (Å²) in [5.74, 6) is 0. The summed E-state index contributed by atoms with van der Waals surface area (Å²) >= 11 is 1.09. The summed E-state index contributed by atoms with van der Waals surface area (Å²) in [6.45, 7) is 0. The van der Waals surface area contributed by atoms with Gasteiger partial charge in [0.1, 0.15) is 0 Å². The van der Waals surface area contributed by atoms with Gasteiger partial charge in [0.2, 0.25) is 0 Å². The van der Waals surface area contributed by atoms with Gasteiger partial charge in [0, 0.05) is 4.88 Å². The van der Waals surface area contributed by atoms with E-state index >= 15 is 0 Å². The zero-order chi connectivity index (χ0) is 10.1. The Labute approximate surface area is 76.8 Å². The van der Waals surface area contributed by atoms with Gasteiger partial charge < -0.3 is 10.8 Å². The Hall–Kier alpha value is -0.590. The van der Waals surface area contributed by atoms with Crippen LogP contribution in [0.25, 0.3) is 0 Å². The molecule has 6 heteroatoms. The summed E-state index contributed by atoms with van der Waals surface area (Å²) < 4.78 is 35.9. The molecular weight excluding hydrogens is 203 g/mol. The Morgan fingerprint density at radius 2 is 2.08 bits per heavy atom. The average Bonchev–Trinajstić information content (AvgIpc) is 2.51. The van der Waals surface area contributed by atoms with Crippen molar-refractivity contribution in [2.24, 2.45) is 5.73 Å². The number of nitrogens with two attached hydrogens (primary N) is 1. The standard InChI is InChI=1S/C7H8F3NOS/c8-7(9,10)6(12)5(11)4-2-1-3-13-4/h1-3,5-6,12H,11H2. The van der Waals surface area contributed by atoms with Crippen molar-refractivity contribution < 1.29 is 18.3 Å². The third kappa shape index (κ3) is 2.43. The Balaban J connectivity index is 2.74. The van der Waals surface area contributed by atoms with E-state index in [0.29, 0.717) is 4.88 Å². The van der Waals surface area contributed by atoms with E-state index in [9.17, 15) is 13.2 Å². The lowest BCUT2D eigenvalue weighted by Crippen LogP contribution is -2.38. The van der Waals surface area contributed by atoms with Gasteiger partial charge in [0.05, 0.1) is 6.04 Å². The highest BCUT2D eigenvalue weighted by Crippen LogP contribution is 2.30. The van der Waals surface area contributed by atoms with Crippen molar-refractivity contribution in [2.45, 2.75) is 18.3 Å². The smallest absolute Gasteiger partial charge is 0.382 e. The first-order chi connectivity index (χ1) is 5.93. The first kappa shape index (κ1) is 10.5. The number of hydrogen-bond acceptors (Lipinski definition) is 3. The molecule has 1 rings (SSSR count). The number of rotatable bonds is 2. The minimum atomic E-state index is -4.66. The van der Waals surface area contributed by atoms with Gasteiger partial charge in [-0.25, -0.2) is 0 Å². The molecule has 0 bridgehead atoms. The number of aliphatic hydroxyl groups is 1. The first-order valence-electron chi connectivity index (χ1n) is 3.46. The quantitative estimate of drug-likeness (QED) is 0.781. The molecule has 0 fully saturated rings. The van der Waals surface area contributed by atoms with Crippen LogP contribution in [0.4, 0.5) is 13.2 Å². The maximum Gasteiger partial charge on any atom is 0.416 e. The van der Waals surface area contributed by atoms with Crippen molar-refractivity contribution in [3.8, 4) is 0 Å². The second kappa shape index (κ2) is 3.65. The minimum absolute atomic E-state index is 0.324. The van der Waals surface area contributed by atoms with E-state index in [4.69, 9.17) is 10.8 Å². The maximum atomic E-state index is 12.0. The Bertz CT molecular complexity index is 259. The van der Waals surface area contributed by atoms with Crippen LogP contribution in [-0.4, -0.2) is 17.4 Å². The molecule has 3 N–H and O–H groups in total. The lowest BCUT2D eigenvalue weighted by Gasteiger charge is -2.19. The third-order valence-electron chi connectivity index (χ3n) is 1.55. The molecule has 0 amide bonds. The molecule has 0 aliphatic carbocycles. The predicted octanol–water partition coefficient (Wildman–Crippen LogP) is 1.67. The summed E-state index contributed by atoms with van der Waals surface area (Å²) in [6, 6.07) is 1.66. The molecule has 2 atom stereocenters. The summed E-state index contributed by atoms with van der Waals surface area (Å²) in [4.78, 5) is 0.324. The highest BCUT2D eigenvalue weighted by Gasteiger charge is 2.42. The van der Waals surface area contributed by atoms with Crippen LogP contribution in [0.5, 0.6) is 0 Å². The van der Waals surface area contributed by atoms with Gasteiger partial charge in [-0.1, -0.05) is 6.07 Å². The molecule has 2 unspecified atom stereocenters. The average molecular weight is 211 g/mol. The highest BCUT2D eigenvalue weighted by atomic mass is 32.1. The molecule has 0 saturated carbocycles. The predicted molar refractivity (Wildman–Crippen MR) is 43.3 cm³/mol. The molecule has 2 nitrogen and oxygen atoms in total. The number of hydrogen-bond donors (Lipinski definition) is 2. The van der Waals surface area contributed by atoms with Crippen molar-refractivity contribution in [3.05, 3.63) is 22.4 Å². The Morgan fingerprint density at radius 1 is 1.46 bits per heavy atom. The van der Waals surface area contributed by atoms with E-state index < -0.39 is 18.3 Å². The number of aliphatic hydroxyl groups excluding tert-OH is 1. The molecule has 1 aromatic rings. The number of alkyl halides is 3. The van der Waals surface area contributed by atoms with Crippen molar-refractivity contribution in [1.29, 1.82) is 0 Å². The number of thiophene rings is 1. The first-order valence-corrected chi connectivity index (χ1v) is 4.34. The summed E-state index contributed by atoms with van der Waals surface area (Å²) in [6.07, 6.45) is -7.16. The maximum absolute atomic E-state index is 12.0. The SMILES string of the molecule is NC(c1cccs1)C(O)C(F)(F)F. The fourth-order valence-electron chi connectivity index (χ4n) is 0.840. The Morgan fingerprint density at radius 3 is 2.46 bits per heavy atom. The van der Waals surface area contributed by atoms with Crippen LogP contribution in [0.3, 0.4) is 0 Å². The van der Waals surface area contributed by atoms with Crippen LogP contribution >= 0.6 is 11.3 Å². The molecule has 74 valence electrons. The van der Waals surface area contributed by atoms with Gasteiger partial charge in [0.25, 0.3) is 0 Å². The molecule has 0 radical (unpaired) electrons. The fourth-order valence-corrected chi connectivity index (χ4v) is 1.60. The molecular formula is C7H8F3NOS. The third-order valence-corrected chi connectivity index (χ3v) is 2.52. The highest BCUT2D eigenvalue weighted by molar-refractivity contribution is 7.10. The van der Waals surface area contributed by atoms with Gasteiger partial charge in [-0.05, 0) is 11.4 Å². The van der Waals surface area contributed by atoms with Gasteiger partial charge >= 0.3 is 6.18 Å². The van der Waals surface area contributed by atoms with Crippen LogP contribution in [-0.2, 0) is 0 Å². The van der Waals surface area contributed by atoms with Gasteiger partial charge in [-0.2, -0.15) is 13.2 Å². The minimum Gasteiger partial charge on any atom is -0.382 e. The molecule has 0 aliphatic heterocycles. The molecule has 1 aromatic heterocycles. The van der Waals surface area contributed by atoms with E-state index in [1.807, 2.05) is 0 Å². The summed E-state index contributed by atoms with van der Waals surface area (Å²) in [7, 11) is 0.